The fourth-order valence-electron chi connectivity index (χ4n) is 1.72. The van der Waals surface area contributed by atoms with Crippen molar-refractivity contribution in [3.63, 3.8) is 0 Å². The molecule has 0 bridgehead atoms. The zero-order valence-corrected chi connectivity index (χ0v) is 13.4. The summed E-state index contributed by atoms with van der Waals surface area (Å²) in [7, 11) is 3.69. The number of aromatic nitrogens is 2. The molecule has 21 heavy (non-hydrogen) atoms. The van der Waals surface area contributed by atoms with E-state index in [9.17, 15) is 0 Å². The molecule has 0 saturated heterocycles. The van der Waals surface area contributed by atoms with Crippen LogP contribution in [0.25, 0.3) is 5.70 Å². The Bertz CT molecular complexity index is 492. The summed E-state index contributed by atoms with van der Waals surface area (Å²) >= 11 is 0. The lowest BCUT2D eigenvalue weighted by molar-refractivity contribution is 0.174. The zero-order chi connectivity index (χ0) is 15.7. The lowest BCUT2D eigenvalue weighted by Crippen LogP contribution is -2.28. The van der Waals surface area contributed by atoms with Crippen molar-refractivity contribution in [2.75, 3.05) is 20.8 Å². The van der Waals surface area contributed by atoms with Crippen LogP contribution in [0.15, 0.2) is 29.1 Å². The fourth-order valence-corrected chi connectivity index (χ4v) is 1.72. The lowest BCUT2D eigenvalue weighted by Gasteiger charge is -2.21. The largest absolute Gasteiger partial charge is 0.385 e. The average molecular weight is 291 g/mol. The fraction of sp³-hybridized carbons (Fsp3) is 0.533. The molecule has 1 aromatic rings. The third-order valence-corrected chi connectivity index (χ3v) is 3.31. The van der Waals surface area contributed by atoms with Crippen LogP contribution in [-0.2, 0) is 11.3 Å². The Hall–Kier alpha value is -1.95. The first-order valence-electron chi connectivity index (χ1n) is 7.06. The smallest absolute Gasteiger partial charge is 0.117 e. The number of nitrogens with zero attached hydrogens (tertiary/aromatic N) is 5. The van der Waals surface area contributed by atoms with Crippen LogP contribution in [-0.4, -0.2) is 53.9 Å². The molecule has 0 N–H and O–H groups in total. The lowest BCUT2D eigenvalue weighted by atomic mass is 10.2. The second kappa shape index (κ2) is 9.07. The van der Waals surface area contributed by atoms with E-state index in [-0.39, 0.29) is 0 Å². The molecule has 1 unspecified atom stereocenters. The zero-order valence-electron chi connectivity index (χ0n) is 13.4. The van der Waals surface area contributed by atoms with Gasteiger partial charge in [-0.3, -0.25) is 0 Å². The van der Waals surface area contributed by atoms with Crippen LogP contribution in [0.3, 0.4) is 0 Å². The molecule has 116 valence electrons. The summed E-state index contributed by atoms with van der Waals surface area (Å²) in [6.45, 7) is 9.69. The van der Waals surface area contributed by atoms with Crippen LogP contribution in [0.1, 0.15) is 26.0 Å². The van der Waals surface area contributed by atoms with Crippen molar-refractivity contribution in [3.05, 3.63) is 24.8 Å². The van der Waals surface area contributed by atoms with Gasteiger partial charge in [-0.25, -0.2) is 15.0 Å². The van der Waals surface area contributed by atoms with Gasteiger partial charge in [-0.1, -0.05) is 6.58 Å². The monoisotopic (exact) mass is 291 g/mol. The minimum absolute atomic E-state index is 0.367. The van der Waals surface area contributed by atoms with Gasteiger partial charge in [-0.2, -0.15) is 0 Å². The molecule has 1 aromatic heterocycles. The molecule has 1 atom stereocenters. The number of aryl methyl sites for hydroxylation is 1. The summed E-state index contributed by atoms with van der Waals surface area (Å²) in [5.74, 6) is 0. The maximum absolute atomic E-state index is 5.07. The van der Waals surface area contributed by atoms with Crippen LogP contribution in [0.5, 0.6) is 0 Å². The van der Waals surface area contributed by atoms with Gasteiger partial charge in [0.15, 0.2) is 0 Å². The molecule has 1 heterocycles. The maximum Gasteiger partial charge on any atom is 0.117 e. The number of rotatable bonds is 9. The van der Waals surface area contributed by atoms with Gasteiger partial charge in [0.25, 0.3) is 0 Å². The summed E-state index contributed by atoms with van der Waals surface area (Å²) in [5, 5.41) is 0. The van der Waals surface area contributed by atoms with E-state index in [2.05, 4.69) is 35.4 Å². The van der Waals surface area contributed by atoms with Gasteiger partial charge in [-0.05, 0) is 20.3 Å². The van der Waals surface area contributed by atoms with Crippen molar-refractivity contribution < 1.29 is 4.74 Å². The number of hydrogen-bond donors (Lipinski definition) is 0. The molecule has 0 aromatic carbocycles. The first kappa shape index (κ1) is 17.1. The van der Waals surface area contributed by atoms with Crippen LogP contribution >= 0.6 is 0 Å². The maximum atomic E-state index is 5.07. The highest BCUT2D eigenvalue weighted by atomic mass is 16.5. The third kappa shape index (κ3) is 5.51. The van der Waals surface area contributed by atoms with Crippen molar-refractivity contribution >= 4 is 18.4 Å². The van der Waals surface area contributed by atoms with Gasteiger partial charge in [0.2, 0.25) is 0 Å². The molecule has 6 nitrogen and oxygen atoms in total. The molecule has 0 aliphatic rings. The number of ether oxygens (including phenoxy) is 1. The molecule has 0 aliphatic heterocycles. The number of hydrogen-bond acceptors (Lipinski definition) is 3. The van der Waals surface area contributed by atoms with E-state index in [0.29, 0.717) is 11.7 Å². The summed E-state index contributed by atoms with van der Waals surface area (Å²) in [6, 6.07) is 0.367. The summed E-state index contributed by atoms with van der Waals surface area (Å²) in [6.07, 6.45) is 7.75. The van der Waals surface area contributed by atoms with Crippen LogP contribution in [0.4, 0.5) is 0 Å². The second-order valence-electron chi connectivity index (χ2n) is 4.82. The predicted octanol–water partition coefficient (Wildman–Crippen LogP) is 2.29. The Labute approximate surface area is 126 Å². The molecule has 0 saturated carbocycles. The number of methoxy groups -OCH3 is 1. The van der Waals surface area contributed by atoms with E-state index < -0.39 is 0 Å². The topological polar surface area (TPSA) is 55.0 Å². The standard InChI is InChI=1S/C15H25N5O/c1-6-20-12-16-9-15(20)14(3)18-10-17-11-19(4)13(2)7-8-21-5/h9-13H,3,6-8H2,1-2,4-5H3/b17-11+,18-10-. The van der Waals surface area contributed by atoms with Crippen LogP contribution in [0.2, 0.25) is 0 Å². The predicted molar refractivity (Wildman–Crippen MR) is 87.6 cm³/mol. The normalized spacial score (nSPS) is 13.1. The highest BCUT2D eigenvalue weighted by Gasteiger charge is 2.04. The second-order valence-corrected chi connectivity index (χ2v) is 4.82. The van der Waals surface area contributed by atoms with E-state index in [1.165, 1.54) is 6.34 Å². The average Bonchev–Trinajstić information content (AvgIpc) is 2.97. The molecular weight excluding hydrogens is 266 g/mol. The quantitative estimate of drug-likeness (QED) is 0.518. The molecule has 0 amide bonds. The molecular formula is C15H25N5O. The Morgan fingerprint density at radius 3 is 3.05 bits per heavy atom. The SMILES string of the molecule is C=C(/N=C\N=C\N(C)C(C)CCOC)c1cncn1CC. The van der Waals surface area contributed by atoms with Gasteiger partial charge in [0.1, 0.15) is 6.34 Å². The van der Waals surface area contributed by atoms with Crippen LogP contribution in [0, 0.1) is 0 Å². The minimum Gasteiger partial charge on any atom is -0.385 e. The Balaban J connectivity index is 2.50. The van der Waals surface area contributed by atoms with Crippen molar-refractivity contribution in [2.45, 2.75) is 32.9 Å². The van der Waals surface area contributed by atoms with E-state index >= 15 is 0 Å². The molecule has 0 spiro atoms. The number of imidazole rings is 1. The highest BCUT2D eigenvalue weighted by Crippen LogP contribution is 2.12. The Kier molecular flexibility index (Phi) is 7.39. The molecule has 0 aliphatic carbocycles. The summed E-state index contributed by atoms with van der Waals surface area (Å²) in [5.41, 5.74) is 1.56. The van der Waals surface area contributed by atoms with Gasteiger partial charge in [0, 0.05) is 33.4 Å². The van der Waals surface area contributed by atoms with Gasteiger partial charge in [0.05, 0.1) is 30.3 Å². The third-order valence-electron chi connectivity index (χ3n) is 3.31. The Morgan fingerprint density at radius 2 is 2.38 bits per heavy atom. The van der Waals surface area contributed by atoms with Gasteiger partial charge < -0.3 is 14.2 Å². The van der Waals surface area contributed by atoms with Crippen molar-refractivity contribution in [1.29, 1.82) is 0 Å². The van der Waals surface area contributed by atoms with Gasteiger partial charge in [-0.15, -0.1) is 0 Å². The first-order valence-corrected chi connectivity index (χ1v) is 7.06. The van der Waals surface area contributed by atoms with Crippen LogP contribution < -0.4 is 0 Å². The van der Waals surface area contributed by atoms with E-state index in [0.717, 1.165) is 25.3 Å². The summed E-state index contributed by atoms with van der Waals surface area (Å²) in [4.78, 5) is 14.5. The first-order chi connectivity index (χ1) is 10.1. The Morgan fingerprint density at radius 1 is 1.62 bits per heavy atom. The minimum atomic E-state index is 0.367. The molecule has 6 heteroatoms. The molecule has 1 rings (SSSR count). The van der Waals surface area contributed by atoms with E-state index in [1.807, 2.05) is 16.5 Å². The van der Waals surface area contributed by atoms with Crippen molar-refractivity contribution in [3.8, 4) is 0 Å². The highest BCUT2D eigenvalue weighted by molar-refractivity contribution is 5.76. The van der Waals surface area contributed by atoms with Crippen molar-refractivity contribution in [1.82, 2.24) is 14.5 Å². The molecule has 0 radical (unpaired) electrons. The number of aliphatic imine (C=N–C) groups is 2. The molecule has 0 fully saturated rings. The van der Waals surface area contributed by atoms with E-state index in [4.69, 9.17) is 4.74 Å². The van der Waals surface area contributed by atoms with Gasteiger partial charge >= 0.3 is 0 Å². The van der Waals surface area contributed by atoms with E-state index in [1.54, 1.807) is 26.0 Å². The summed E-state index contributed by atoms with van der Waals surface area (Å²) < 4.78 is 7.05. The van der Waals surface area contributed by atoms with Crippen molar-refractivity contribution in [2.24, 2.45) is 9.98 Å².